The highest BCUT2D eigenvalue weighted by Crippen LogP contribution is 2.24. The van der Waals surface area contributed by atoms with Crippen LogP contribution in [0.5, 0.6) is 0 Å². The fourth-order valence-corrected chi connectivity index (χ4v) is 3.91. The molecule has 2 amide bonds. The number of likely N-dealkylation sites (tertiary alicyclic amines) is 2. The maximum absolute atomic E-state index is 12.7. The molecule has 0 saturated carbocycles. The second-order valence-electron chi connectivity index (χ2n) is 7.84. The average molecular weight is 372 g/mol. The van der Waals surface area contributed by atoms with Crippen LogP contribution in [0.4, 0.5) is 0 Å². The Hall–Kier alpha value is -2.37. The van der Waals surface area contributed by atoms with E-state index in [9.17, 15) is 14.4 Å². The van der Waals surface area contributed by atoms with Gasteiger partial charge in [-0.15, -0.1) is 0 Å². The van der Waals surface area contributed by atoms with Crippen molar-refractivity contribution in [2.24, 2.45) is 11.8 Å². The molecule has 6 heteroatoms. The largest absolute Gasteiger partial charge is 0.478 e. The molecular formula is C21H28N2O4. The van der Waals surface area contributed by atoms with Crippen molar-refractivity contribution in [3.8, 4) is 0 Å². The van der Waals surface area contributed by atoms with Gasteiger partial charge in [-0.05, 0) is 49.3 Å². The minimum absolute atomic E-state index is 0.0378. The molecule has 1 aromatic carbocycles. The molecule has 1 N–H and O–H groups in total. The van der Waals surface area contributed by atoms with E-state index in [1.54, 1.807) is 12.1 Å². The maximum Gasteiger partial charge on any atom is 0.335 e. The van der Waals surface area contributed by atoms with Crippen molar-refractivity contribution in [3.63, 3.8) is 0 Å². The fraction of sp³-hybridized carbons (Fsp3) is 0.571. The van der Waals surface area contributed by atoms with E-state index in [1.165, 1.54) is 12.1 Å². The number of hydrogen-bond donors (Lipinski definition) is 1. The monoisotopic (exact) mass is 372 g/mol. The first kappa shape index (κ1) is 19.4. The Morgan fingerprint density at radius 3 is 2.04 bits per heavy atom. The number of carboxylic acid groups (broad SMARTS) is 1. The summed E-state index contributed by atoms with van der Waals surface area (Å²) in [5, 5.41) is 8.93. The van der Waals surface area contributed by atoms with E-state index in [-0.39, 0.29) is 29.7 Å². The second kappa shape index (κ2) is 8.55. The molecule has 0 spiro atoms. The third-order valence-electron chi connectivity index (χ3n) is 5.85. The highest BCUT2D eigenvalue weighted by Gasteiger charge is 2.31. The molecule has 6 nitrogen and oxygen atoms in total. The van der Waals surface area contributed by atoms with Crippen LogP contribution in [0.2, 0.25) is 0 Å². The number of carbonyl (C=O) groups excluding carboxylic acids is 2. The summed E-state index contributed by atoms with van der Waals surface area (Å²) in [6.07, 6.45) is 3.90. The normalized spacial score (nSPS) is 19.1. The van der Waals surface area contributed by atoms with Crippen molar-refractivity contribution in [1.82, 2.24) is 9.80 Å². The zero-order chi connectivity index (χ0) is 19.4. The quantitative estimate of drug-likeness (QED) is 0.880. The van der Waals surface area contributed by atoms with Gasteiger partial charge in [0.15, 0.2) is 0 Å². The summed E-state index contributed by atoms with van der Waals surface area (Å²) in [6.45, 7) is 5.21. The van der Waals surface area contributed by atoms with Gasteiger partial charge in [0.25, 0.3) is 0 Å². The molecule has 0 bridgehead atoms. The molecule has 0 unspecified atom stereocenters. The molecule has 2 aliphatic heterocycles. The number of carboxylic acids is 1. The third-order valence-corrected chi connectivity index (χ3v) is 5.85. The van der Waals surface area contributed by atoms with Gasteiger partial charge >= 0.3 is 5.97 Å². The van der Waals surface area contributed by atoms with E-state index >= 15 is 0 Å². The number of carbonyl (C=O) groups is 3. The smallest absolute Gasteiger partial charge is 0.335 e. The minimum Gasteiger partial charge on any atom is -0.478 e. The number of rotatable bonds is 4. The van der Waals surface area contributed by atoms with Crippen LogP contribution in [0, 0.1) is 11.8 Å². The summed E-state index contributed by atoms with van der Waals surface area (Å²) >= 11 is 0. The Bertz CT molecular complexity index is 685. The molecule has 1 aromatic rings. The zero-order valence-electron chi connectivity index (χ0n) is 15.9. The molecule has 146 valence electrons. The van der Waals surface area contributed by atoms with Crippen molar-refractivity contribution in [1.29, 1.82) is 0 Å². The van der Waals surface area contributed by atoms with Gasteiger partial charge in [0.2, 0.25) is 11.8 Å². The minimum atomic E-state index is -0.970. The zero-order valence-corrected chi connectivity index (χ0v) is 15.9. The van der Waals surface area contributed by atoms with Crippen LogP contribution in [0.25, 0.3) is 0 Å². The number of hydrogen-bond acceptors (Lipinski definition) is 3. The SMILES string of the molecule is CC1CCN(C(=O)C2CCN(C(=O)Cc3ccc(C(=O)O)cc3)CC2)CC1. The Labute approximate surface area is 160 Å². The van der Waals surface area contributed by atoms with E-state index in [4.69, 9.17) is 5.11 Å². The van der Waals surface area contributed by atoms with Gasteiger partial charge in [0.1, 0.15) is 0 Å². The van der Waals surface area contributed by atoms with E-state index in [0.29, 0.717) is 19.0 Å². The maximum atomic E-state index is 12.7. The fourth-order valence-electron chi connectivity index (χ4n) is 3.91. The van der Waals surface area contributed by atoms with Crippen molar-refractivity contribution in [2.45, 2.75) is 39.0 Å². The van der Waals surface area contributed by atoms with Crippen molar-refractivity contribution >= 4 is 17.8 Å². The Kier molecular flexibility index (Phi) is 6.14. The molecule has 0 atom stereocenters. The van der Waals surface area contributed by atoms with E-state index in [2.05, 4.69) is 6.92 Å². The van der Waals surface area contributed by atoms with Gasteiger partial charge in [-0.2, -0.15) is 0 Å². The van der Waals surface area contributed by atoms with Crippen LogP contribution in [-0.4, -0.2) is 58.9 Å². The van der Waals surface area contributed by atoms with Gasteiger partial charge in [-0.1, -0.05) is 19.1 Å². The lowest BCUT2D eigenvalue weighted by Crippen LogP contribution is -2.46. The molecule has 2 heterocycles. The molecule has 27 heavy (non-hydrogen) atoms. The predicted molar refractivity (Wildman–Crippen MR) is 101 cm³/mol. The Morgan fingerprint density at radius 2 is 1.48 bits per heavy atom. The summed E-state index contributed by atoms with van der Waals surface area (Å²) in [5.74, 6) is 0.0761. The summed E-state index contributed by atoms with van der Waals surface area (Å²) in [4.78, 5) is 39.9. The van der Waals surface area contributed by atoms with Crippen molar-refractivity contribution in [3.05, 3.63) is 35.4 Å². The third kappa shape index (κ3) is 4.87. The van der Waals surface area contributed by atoms with Gasteiger partial charge in [-0.25, -0.2) is 4.79 Å². The number of nitrogens with zero attached hydrogens (tertiary/aromatic N) is 2. The molecule has 0 aliphatic carbocycles. The average Bonchev–Trinajstić information content (AvgIpc) is 2.68. The molecule has 2 aliphatic rings. The van der Waals surface area contributed by atoms with Crippen LogP contribution in [0.1, 0.15) is 48.5 Å². The van der Waals surface area contributed by atoms with Gasteiger partial charge in [-0.3, -0.25) is 9.59 Å². The Morgan fingerprint density at radius 1 is 0.926 bits per heavy atom. The number of benzene rings is 1. The van der Waals surface area contributed by atoms with Crippen molar-refractivity contribution < 1.29 is 19.5 Å². The lowest BCUT2D eigenvalue weighted by molar-refractivity contribution is -0.141. The first-order valence-electron chi connectivity index (χ1n) is 9.83. The van der Waals surface area contributed by atoms with E-state index in [1.807, 2.05) is 9.80 Å². The molecule has 3 rings (SSSR count). The first-order chi connectivity index (χ1) is 12.9. The summed E-state index contributed by atoms with van der Waals surface area (Å²) in [5.41, 5.74) is 1.03. The second-order valence-corrected chi connectivity index (χ2v) is 7.84. The van der Waals surface area contributed by atoms with Crippen LogP contribution < -0.4 is 0 Å². The number of piperidine rings is 2. The van der Waals surface area contributed by atoms with Crippen LogP contribution in [0.15, 0.2) is 24.3 Å². The molecular weight excluding hydrogens is 344 g/mol. The summed E-state index contributed by atoms with van der Waals surface area (Å²) < 4.78 is 0. The molecule has 2 saturated heterocycles. The van der Waals surface area contributed by atoms with Crippen LogP contribution >= 0.6 is 0 Å². The molecule has 0 aromatic heterocycles. The standard InChI is InChI=1S/C21H28N2O4/c1-15-6-10-23(11-7-15)20(25)17-8-12-22(13-9-17)19(24)14-16-2-4-18(5-3-16)21(26)27/h2-5,15,17H,6-14H2,1H3,(H,26,27). The number of amides is 2. The van der Waals surface area contributed by atoms with Crippen LogP contribution in [-0.2, 0) is 16.0 Å². The van der Waals surface area contributed by atoms with Gasteiger partial charge in [0, 0.05) is 32.1 Å². The lowest BCUT2D eigenvalue weighted by atomic mass is 9.92. The van der Waals surface area contributed by atoms with Crippen LogP contribution in [0.3, 0.4) is 0 Å². The lowest BCUT2D eigenvalue weighted by Gasteiger charge is -2.36. The van der Waals surface area contributed by atoms with Crippen molar-refractivity contribution in [2.75, 3.05) is 26.2 Å². The van der Waals surface area contributed by atoms with Gasteiger partial charge in [0.05, 0.1) is 12.0 Å². The first-order valence-corrected chi connectivity index (χ1v) is 9.83. The number of aromatic carboxylic acids is 1. The highest BCUT2D eigenvalue weighted by atomic mass is 16.4. The predicted octanol–water partition coefficient (Wildman–Crippen LogP) is 2.42. The van der Waals surface area contributed by atoms with Gasteiger partial charge < -0.3 is 14.9 Å². The highest BCUT2D eigenvalue weighted by molar-refractivity contribution is 5.88. The van der Waals surface area contributed by atoms with E-state index in [0.717, 1.165) is 44.3 Å². The topological polar surface area (TPSA) is 77.9 Å². The molecule has 0 radical (unpaired) electrons. The summed E-state index contributed by atoms with van der Waals surface area (Å²) in [6, 6.07) is 6.43. The van der Waals surface area contributed by atoms with E-state index < -0.39 is 5.97 Å². The summed E-state index contributed by atoms with van der Waals surface area (Å²) in [7, 11) is 0. The Balaban J connectivity index is 1.47. The molecule has 2 fully saturated rings.